The zero-order valence-corrected chi connectivity index (χ0v) is 12.9. The van der Waals surface area contributed by atoms with Crippen molar-refractivity contribution in [3.63, 3.8) is 0 Å². The zero-order chi connectivity index (χ0) is 16.1. The van der Waals surface area contributed by atoms with E-state index in [0.29, 0.717) is 11.4 Å². The fourth-order valence-electron chi connectivity index (χ4n) is 2.65. The largest absolute Gasteiger partial charge is 0.471 e. The molecule has 1 fully saturated rings. The van der Waals surface area contributed by atoms with Crippen LogP contribution in [0.1, 0.15) is 36.2 Å². The number of aromatic nitrogens is 2. The van der Waals surface area contributed by atoms with Crippen LogP contribution in [0.15, 0.2) is 36.5 Å². The van der Waals surface area contributed by atoms with E-state index in [1.165, 1.54) is 25.0 Å². The number of halogens is 1. The Labute approximate surface area is 134 Å². The fraction of sp³-hybridized carbons (Fsp3) is 0.412. The summed E-state index contributed by atoms with van der Waals surface area (Å²) in [7, 11) is 0. The number of ether oxygens (including phenoxy) is 1. The van der Waals surface area contributed by atoms with Crippen LogP contribution < -0.4 is 4.74 Å². The van der Waals surface area contributed by atoms with Gasteiger partial charge in [-0.05, 0) is 43.2 Å². The van der Waals surface area contributed by atoms with Gasteiger partial charge in [0.2, 0.25) is 0 Å². The third-order valence-corrected chi connectivity index (χ3v) is 3.93. The molecule has 23 heavy (non-hydrogen) atoms. The standard InChI is InChI=1S/C17H20FN3O2/c18-14-5-7-15(8-6-14)23-13-21-12-9-16(19-21)17(22)20-10-3-1-2-4-11-20/h5-9,12H,1-4,10-11,13H2. The molecule has 0 bridgehead atoms. The molecule has 0 saturated carbocycles. The third-order valence-electron chi connectivity index (χ3n) is 3.93. The smallest absolute Gasteiger partial charge is 0.274 e. The van der Waals surface area contributed by atoms with Crippen molar-refractivity contribution in [3.8, 4) is 5.75 Å². The zero-order valence-electron chi connectivity index (χ0n) is 12.9. The quantitative estimate of drug-likeness (QED) is 0.870. The number of hydrogen-bond donors (Lipinski definition) is 0. The molecule has 1 aromatic heterocycles. The summed E-state index contributed by atoms with van der Waals surface area (Å²) >= 11 is 0. The van der Waals surface area contributed by atoms with Gasteiger partial charge in [0, 0.05) is 19.3 Å². The molecule has 2 aromatic rings. The summed E-state index contributed by atoms with van der Waals surface area (Å²) in [5.74, 6) is 0.233. The molecule has 1 amide bonds. The first-order chi connectivity index (χ1) is 11.2. The molecule has 0 N–H and O–H groups in total. The Bertz CT molecular complexity index is 646. The molecule has 0 atom stereocenters. The third kappa shape index (κ3) is 4.09. The average Bonchev–Trinajstić information content (AvgIpc) is 2.87. The van der Waals surface area contributed by atoms with E-state index in [-0.39, 0.29) is 18.5 Å². The Balaban J connectivity index is 1.58. The first-order valence-corrected chi connectivity index (χ1v) is 7.93. The van der Waals surface area contributed by atoms with Gasteiger partial charge in [0.05, 0.1) is 0 Å². The highest BCUT2D eigenvalue weighted by Crippen LogP contribution is 2.14. The van der Waals surface area contributed by atoms with Crippen LogP contribution in [0.3, 0.4) is 0 Å². The van der Waals surface area contributed by atoms with Crippen molar-refractivity contribution in [2.75, 3.05) is 13.1 Å². The van der Waals surface area contributed by atoms with E-state index in [2.05, 4.69) is 5.10 Å². The Hall–Kier alpha value is -2.37. The molecule has 5 nitrogen and oxygen atoms in total. The van der Waals surface area contributed by atoms with Gasteiger partial charge in [-0.15, -0.1) is 0 Å². The molecule has 1 aliphatic heterocycles. The van der Waals surface area contributed by atoms with Gasteiger partial charge in [0.25, 0.3) is 5.91 Å². The number of amides is 1. The van der Waals surface area contributed by atoms with Gasteiger partial charge in [-0.1, -0.05) is 12.8 Å². The van der Waals surface area contributed by atoms with Crippen molar-refractivity contribution < 1.29 is 13.9 Å². The summed E-state index contributed by atoms with van der Waals surface area (Å²) in [4.78, 5) is 14.3. The van der Waals surface area contributed by atoms with Gasteiger partial charge in [-0.3, -0.25) is 4.79 Å². The van der Waals surface area contributed by atoms with E-state index in [4.69, 9.17) is 4.74 Å². The summed E-state index contributed by atoms with van der Waals surface area (Å²) in [6.07, 6.45) is 6.20. The molecule has 0 spiro atoms. The van der Waals surface area contributed by atoms with Gasteiger partial charge < -0.3 is 9.64 Å². The molecule has 0 unspecified atom stereocenters. The molecule has 1 aromatic carbocycles. The number of carbonyl (C=O) groups is 1. The number of hydrogen-bond acceptors (Lipinski definition) is 3. The van der Waals surface area contributed by atoms with Crippen molar-refractivity contribution >= 4 is 5.91 Å². The van der Waals surface area contributed by atoms with E-state index in [9.17, 15) is 9.18 Å². The second kappa shape index (κ2) is 7.26. The van der Waals surface area contributed by atoms with Crippen molar-refractivity contribution in [1.29, 1.82) is 0 Å². The molecule has 1 saturated heterocycles. The molecule has 0 aliphatic carbocycles. The first kappa shape index (κ1) is 15.5. The van der Waals surface area contributed by atoms with Gasteiger partial charge in [-0.2, -0.15) is 5.10 Å². The van der Waals surface area contributed by atoms with Crippen LogP contribution in [-0.2, 0) is 6.73 Å². The van der Waals surface area contributed by atoms with Gasteiger partial charge >= 0.3 is 0 Å². The topological polar surface area (TPSA) is 47.4 Å². The van der Waals surface area contributed by atoms with Crippen LogP contribution in [0.25, 0.3) is 0 Å². The molecule has 2 heterocycles. The highest BCUT2D eigenvalue weighted by Gasteiger charge is 2.19. The van der Waals surface area contributed by atoms with Crippen LogP contribution in [-0.4, -0.2) is 33.7 Å². The lowest BCUT2D eigenvalue weighted by molar-refractivity contribution is 0.0753. The second-order valence-corrected chi connectivity index (χ2v) is 5.67. The normalized spacial score (nSPS) is 15.3. The van der Waals surface area contributed by atoms with E-state index in [0.717, 1.165) is 25.9 Å². The number of nitrogens with zero attached hydrogens (tertiary/aromatic N) is 3. The maximum Gasteiger partial charge on any atom is 0.274 e. The van der Waals surface area contributed by atoms with E-state index in [1.54, 1.807) is 29.1 Å². The molecule has 122 valence electrons. The van der Waals surface area contributed by atoms with E-state index in [1.807, 2.05) is 4.90 Å². The number of likely N-dealkylation sites (tertiary alicyclic amines) is 1. The lowest BCUT2D eigenvalue weighted by Crippen LogP contribution is -2.32. The molecular weight excluding hydrogens is 297 g/mol. The predicted molar refractivity (Wildman–Crippen MR) is 83.6 cm³/mol. The van der Waals surface area contributed by atoms with Gasteiger partial charge in [0.1, 0.15) is 11.6 Å². The van der Waals surface area contributed by atoms with Crippen LogP contribution in [0.2, 0.25) is 0 Å². The van der Waals surface area contributed by atoms with Crippen molar-refractivity contribution in [3.05, 3.63) is 48.0 Å². The number of carbonyl (C=O) groups excluding carboxylic acids is 1. The monoisotopic (exact) mass is 317 g/mol. The molecule has 6 heteroatoms. The average molecular weight is 317 g/mol. The Morgan fingerprint density at radius 3 is 2.48 bits per heavy atom. The number of rotatable bonds is 4. The SMILES string of the molecule is O=C(c1ccn(COc2ccc(F)cc2)n1)N1CCCCCC1. The fourth-order valence-corrected chi connectivity index (χ4v) is 2.65. The highest BCUT2D eigenvalue weighted by molar-refractivity contribution is 5.92. The summed E-state index contributed by atoms with van der Waals surface area (Å²) < 4.78 is 19.9. The summed E-state index contributed by atoms with van der Waals surface area (Å²) in [6.45, 7) is 1.79. The van der Waals surface area contributed by atoms with Crippen molar-refractivity contribution in [2.45, 2.75) is 32.4 Å². The van der Waals surface area contributed by atoms with E-state index >= 15 is 0 Å². The molecule has 3 rings (SSSR count). The lowest BCUT2D eigenvalue weighted by atomic mass is 10.2. The number of benzene rings is 1. The Morgan fingerprint density at radius 1 is 1.09 bits per heavy atom. The van der Waals surface area contributed by atoms with Crippen molar-refractivity contribution in [2.24, 2.45) is 0 Å². The van der Waals surface area contributed by atoms with Crippen LogP contribution >= 0.6 is 0 Å². The summed E-state index contributed by atoms with van der Waals surface area (Å²) in [5, 5.41) is 4.27. The summed E-state index contributed by atoms with van der Waals surface area (Å²) in [6, 6.07) is 7.50. The first-order valence-electron chi connectivity index (χ1n) is 7.93. The second-order valence-electron chi connectivity index (χ2n) is 5.67. The van der Waals surface area contributed by atoms with Gasteiger partial charge in [0.15, 0.2) is 12.4 Å². The maximum absolute atomic E-state index is 12.8. The summed E-state index contributed by atoms with van der Waals surface area (Å²) in [5.41, 5.74) is 0.439. The van der Waals surface area contributed by atoms with Crippen LogP contribution in [0.5, 0.6) is 5.75 Å². The molecular formula is C17H20FN3O2. The van der Waals surface area contributed by atoms with Crippen LogP contribution in [0, 0.1) is 5.82 Å². The molecule has 0 radical (unpaired) electrons. The lowest BCUT2D eigenvalue weighted by Gasteiger charge is -2.18. The van der Waals surface area contributed by atoms with E-state index < -0.39 is 0 Å². The predicted octanol–water partition coefficient (Wildman–Crippen LogP) is 3.07. The molecule has 1 aliphatic rings. The minimum Gasteiger partial charge on any atom is -0.471 e. The van der Waals surface area contributed by atoms with Crippen molar-refractivity contribution in [1.82, 2.24) is 14.7 Å². The minimum absolute atomic E-state index is 0.0209. The van der Waals surface area contributed by atoms with Gasteiger partial charge in [-0.25, -0.2) is 9.07 Å². The Kier molecular flexibility index (Phi) is 4.90. The van der Waals surface area contributed by atoms with Crippen LogP contribution in [0.4, 0.5) is 4.39 Å². The Morgan fingerprint density at radius 2 is 1.78 bits per heavy atom. The highest BCUT2D eigenvalue weighted by atomic mass is 19.1. The maximum atomic E-state index is 12.8. The minimum atomic E-state index is -0.304.